The summed E-state index contributed by atoms with van der Waals surface area (Å²) >= 11 is 0. The highest BCUT2D eigenvalue weighted by Crippen LogP contribution is 2.25. The Morgan fingerprint density at radius 3 is 2.82 bits per heavy atom. The van der Waals surface area contributed by atoms with Crippen molar-refractivity contribution in [1.82, 2.24) is 4.57 Å². The maximum Gasteiger partial charge on any atom is 0.355 e. The van der Waals surface area contributed by atoms with Crippen LogP contribution in [0.1, 0.15) is 23.0 Å². The summed E-state index contributed by atoms with van der Waals surface area (Å²) in [5.41, 5.74) is 2.06. The van der Waals surface area contributed by atoms with Crippen LogP contribution in [-0.4, -0.2) is 17.1 Å². The van der Waals surface area contributed by atoms with Crippen molar-refractivity contribution in [3.05, 3.63) is 35.3 Å². The van der Waals surface area contributed by atoms with E-state index in [1.807, 2.05) is 0 Å². The van der Waals surface area contributed by atoms with Gasteiger partial charge in [-0.15, -0.1) is 0 Å². The largest absolute Gasteiger partial charge is 0.461 e. The van der Waals surface area contributed by atoms with E-state index < -0.39 is 0 Å². The number of fused-ring (bicyclic) bond motifs is 1. The number of aryl methyl sites for hydroxylation is 2. The minimum atomic E-state index is -0.371. The Balaban J connectivity index is 2.68. The Hall–Kier alpha value is -1.84. The fourth-order valence-electron chi connectivity index (χ4n) is 2.09. The van der Waals surface area contributed by atoms with Gasteiger partial charge in [-0.05, 0) is 37.6 Å². The second-order valence-electron chi connectivity index (χ2n) is 3.91. The molecule has 1 aromatic carbocycles. The van der Waals surface area contributed by atoms with Gasteiger partial charge in [0.2, 0.25) is 0 Å². The fraction of sp³-hybridized carbons (Fsp3) is 0.308. The summed E-state index contributed by atoms with van der Waals surface area (Å²) in [7, 11) is 1.78. The quantitative estimate of drug-likeness (QED) is 0.749. The number of nitrogens with zero attached hydrogens (tertiary/aromatic N) is 1. The Bertz CT molecular complexity index is 587. The number of ether oxygens (including phenoxy) is 1. The van der Waals surface area contributed by atoms with Crippen molar-refractivity contribution in [3.63, 3.8) is 0 Å². The minimum absolute atomic E-state index is 0.304. The number of halogens is 1. The molecule has 0 bridgehead atoms. The topological polar surface area (TPSA) is 31.2 Å². The number of carbonyl (C=O) groups excluding carboxylic acids is 1. The average Bonchev–Trinajstić information content (AvgIpc) is 2.52. The van der Waals surface area contributed by atoms with E-state index in [1.54, 1.807) is 31.5 Å². The number of hydrogen-bond donors (Lipinski definition) is 0. The zero-order valence-electron chi connectivity index (χ0n) is 10.1. The summed E-state index contributed by atoms with van der Waals surface area (Å²) in [5, 5.41) is 0.746. The average molecular weight is 235 g/mol. The monoisotopic (exact) mass is 235 g/mol. The van der Waals surface area contributed by atoms with Crippen LogP contribution in [0.2, 0.25) is 0 Å². The summed E-state index contributed by atoms with van der Waals surface area (Å²) in [5.74, 6) is -0.675. The van der Waals surface area contributed by atoms with Gasteiger partial charge in [-0.3, -0.25) is 0 Å². The summed E-state index contributed by atoms with van der Waals surface area (Å²) < 4.78 is 19.9. The standard InChI is InChI=1S/C13H14FNO2/c1-4-17-13(16)12-8(2)10-7-9(14)5-6-11(10)15(12)3/h5-7H,4H2,1-3H3. The van der Waals surface area contributed by atoms with Crippen LogP contribution < -0.4 is 0 Å². The van der Waals surface area contributed by atoms with Gasteiger partial charge in [0.1, 0.15) is 11.5 Å². The van der Waals surface area contributed by atoms with Gasteiger partial charge < -0.3 is 9.30 Å². The van der Waals surface area contributed by atoms with E-state index >= 15 is 0 Å². The van der Waals surface area contributed by atoms with Crippen molar-refractivity contribution < 1.29 is 13.9 Å². The zero-order chi connectivity index (χ0) is 12.6. The van der Waals surface area contributed by atoms with Gasteiger partial charge in [0, 0.05) is 18.0 Å². The molecule has 0 saturated heterocycles. The van der Waals surface area contributed by atoms with E-state index in [1.165, 1.54) is 12.1 Å². The number of esters is 1. The highest BCUT2D eigenvalue weighted by molar-refractivity contribution is 5.98. The van der Waals surface area contributed by atoms with E-state index in [9.17, 15) is 9.18 Å². The van der Waals surface area contributed by atoms with E-state index in [0.29, 0.717) is 12.3 Å². The number of rotatable bonds is 2. The lowest BCUT2D eigenvalue weighted by Crippen LogP contribution is -2.10. The second kappa shape index (κ2) is 4.20. The predicted octanol–water partition coefficient (Wildman–Crippen LogP) is 2.80. The van der Waals surface area contributed by atoms with Crippen molar-refractivity contribution in [1.29, 1.82) is 0 Å². The first-order chi connectivity index (χ1) is 8.06. The van der Waals surface area contributed by atoms with Gasteiger partial charge in [-0.25, -0.2) is 9.18 Å². The first kappa shape index (κ1) is 11.6. The molecule has 0 unspecified atom stereocenters. The normalized spacial score (nSPS) is 10.8. The van der Waals surface area contributed by atoms with Crippen LogP contribution in [0.15, 0.2) is 18.2 Å². The molecule has 0 amide bonds. The molecule has 2 rings (SSSR count). The molecule has 3 nitrogen and oxygen atoms in total. The van der Waals surface area contributed by atoms with Crippen molar-refractivity contribution in [3.8, 4) is 0 Å². The lowest BCUT2D eigenvalue weighted by molar-refractivity contribution is 0.0515. The molecule has 1 aromatic heterocycles. The zero-order valence-corrected chi connectivity index (χ0v) is 10.1. The van der Waals surface area contributed by atoms with Crippen LogP contribution in [0.25, 0.3) is 10.9 Å². The van der Waals surface area contributed by atoms with Crippen molar-refractivity contribution in [2.45, 2.75) is 13.8 Å². The molecule has 0 atom stereocenters. The molecule has 0 N–H and O–H groups in total. The SMILES string of the molecule is CCOC(=O)c1c(C)c2cc(F)ccc2n1C. The highest BCUT2D eigenvalue weighted by Gasteiger charge is 2.19. The van der Waals surface area contributed by atoms with E-state index in [0.717, 1.165) is 16.5 Å². The summed E-state index contributed by atoms with van der Waals surface area (Å²) in [6.45, 7) is 3.89. The number of hydrogen-bond acceptors (Lipinski definition) is 2. The van der Waals surface area contributed by atoms with Crippen LogP contribution in [0, 0.1) is 12.7 Å². The van der Waals surface area contributed by atoms with Crippen LogP contribution in [-0.2, 0) is 11.8 Å². The number of aromatic nitrogens is 1. The summed E-state index contributed by atoms with van der Waals surface area (Å²) in [6, 6.07) is 4.49. The Morgan fingerprint density at radius 1 is 1.47 bits per heavy atom. The molecular formula is C13H14FNO2. The van der Waals surface area contributed by atoms with Crippen LogP contribution >= 0.6 is 0 Å². The van der Waals surface area contributed by atoms with Gasteiger partial charge in [-0.1, -0.05) is 0 Å². The van der Waals surface area contributed by atoms with Crippen LogP contribution in [0.3, 0.4) is 0 Å². The highest BCUT2D eigenvalue weighted by atomic mass is 19.1. The van der Waals surface area contributed by atoms with Crippen LogP contribution in [0.5, 0.6) is 0 Å². The summed E-state index contributed by atoms with van der Waals surface area (Å²) in [4.78, 5) is 11.8. The van der Waals surface area contributed by atoms with Crippen LogP contribution in [0.4, 0.5) is 4.39 Å². The van der Waals surface area contributed by atoms with Crippen molar-refractivity contribution in [2.24, 2.45) is 7.05 Å². The molecule has 4 heteroatoms. The van der Waals surface area contributed by atoms with Gasteiger partial charge in [0.15, 0.2) is 0 Å². The third kappa shape index (κ3) is 1.79. The summed E-state index contributed by atoms with van der Waals surface area (Å²) in [6.07, 6.45) is 0. The van der Waals surface area contributed by atoms with Gasteiger partial charge in [0.25, 0.3) is 0 Å². The van der Waals surface area contributed by atoms with Gasteiger partial charge >= 0.3 is 5.97 Å². The molecule has 0 aliphatic carbocycles. The molecule has 90 valence electrons. The first-order valence-corrected chi connectivity index (χ1v) is 5.48. The molecule has 17 heavy (non-hydrogen) atoms. The van der Waals surface area contributed by atoms with Gasteiger partial charge in [0.05, 0.1) is 6.61 Å². The molecule has 0 aliphatic rings. The predicted molar refractivity (Wildman–Crippen MR) is 63.6 cm³/mol. The Kier molecular flexibility index (Phi) is 2.88. The smallest absolute Gasteiger partial charge is 0.355 e. The Morgan fingerprint density at radius 2 is 2.18 bits per heavy atom. The van der Waals surface area contributed by atoms with E-state index in [2.05, 4.69) is 0 Å². The van der Waals surface area contributed by atoms with Crippen molar-refractivity contribution in [2.75, 3.05) is 6.61 Å². The molecule has 0 spiro atoms. The maximum absolute atomic E-state index is 13.2. The lowest BCUT2D eigenvalue weighted by atomic mass is 10.1. The molecule has 0 radical (unpaired) electrons. The Labute approximate surface area is 98.8 Å². The fourth-order valence-corrected chi connectivity index (χ4v) is 2.09. The first-order valence-electron chi connectivity index (χ1n) is 5.48. The third-order valence-electron chi connectivity index (χ3n) is 2.88. The van der Waals surface area contributed by atoms with Crippen molar-refractivity contribution >= 4 is 16.9 Å². The minimum Gasteiger partial charge on any atom is -0.461 e. The maximum atomic E-state index is 13.2. The third-order valence-corrected chi connectivity index (χ3v) is 2.88. The number of carbonyl (C=O) groups is 1. The molecule has 0 fully saturated rings. The van der Waals surface area contributed by atoms with E-state index in [4.69, 9.17) is 4.74 Å². The molecule has 2 aromatic rings. The van der Waals surface area contributed by atoms with E-state index in [-0.39, 0.29) is 11.8 Å². The molecule has 1 heterocycles. The molecule has 0 saturated carbocycles. The number of benzene rings is 1. The van der Waals surface area contributed by atoms with Gasteiger partial charge in [-0.2, -0.15) is 0 Å². The molecular weight excluding hydrogens is 221 g/mol. The molecule has 0 aliphatic heterocycles. The second-order valence-corrected chi connectivity index (χ2v) is 3.91. The lowest BCUT2D eigenvalue weighted by Gasteiger charge is -2.04.